The maximum absolute atomic E-state index is 4.44. The minimum Gasteiger partial charge on any atom is -0.350 e. The van der Waals surface area contributed by atoms with Crippen molar-refractivity contribution < 1.29 is 0 Å². The van der Waals surface area contributed by atoms with E-state index in [0.29, 0.717) is 0 Å². The Morgan fingerprint density at radius 2 is 2.27 bits per heavy atom. The molecule has 1 fully saturated rings. The molecular formula is C16H29N5S. The maximum atomic E-state index is 4.44. The second-order valence-corrected chi connectivity index (χ2v) is 7.17. The van der Waals surface area contributed by atoms with Crippen molar-refractivity contribution in [3.05, 3.63) is 16.1 Å². The molecule has 1 aromatic rings. The molecule has 1 atom stereocenters. The third-order valence-electron chi connectivity index (χ3n) is 4.27. The average Bonchev–Trinajstić information content (AvgIpc) is 3.15. The Morgan fingerprint density at radius 1 is 1.50 bits per heavy atom. The van der Waals surface area contributed by atoms with E-state index in [1.54, 1.807) is 11.3 Å². The van der Waals surface area contributed by atoms with Crippen molar-refractivity contribution >= 4 is 17.3 Å². The van der Waals surface area contributed by atoms with Crippen LogP contribution in [0.25, 0.3) is 0 Å². The Bertz CT molecular complexity index is 481. The monoisotopic (exact) mass is 323 g/mol. The first-order valence-corrected chi connectivity index (χ1v) is 9.07. The highest BCUT2D eigenvalue weighted by molar-refractivity contribution is 7.11. The van der Waals surface area contributed by atoms with Crippen LogP contribution in [0.1, 0.15) is 30.2 Å². The van der Waals surface area contributed by atoms with Gasteiger partial charge in [-0.2, -0.15) is 0 Å². The van der Waals surface area contributed by atoms with Crippen LogP contribution in [0, 0.1) is 12.8 Å². The standard InChI is InChI=1S/C16H29N5S/c1-5-20(6-2)11-14-7-8-21(12-14)16(17-4)19-10-15-18-9-13(3)22-15/h9,14H,5-8,10-12H2,1-4H3,(H,17,19). The van der Waals surface area contributed by atoms with E-state index in [2.05, 4.69) is 45.9 Å². The van der Waals surface area contributed by atoms with Gasteiger partial charge in [0.25, 0.3) is 0 Å². The molecular weight excluding hydrogens is 294 g/mol. The van der Waals surface area contributed by atoms with E-state index in [9.17, 15) is 0 Å². The van der Waals surface area contributed by atoms with Crippen LogP contribution in [0.2, 0.25) is 0 Å². The third-order valence-corrected chi connectivity index (χ3v) is 5.19. The molecule has 2 rings (SSSR count). The highest BCUT2D eigenvalue weighted by Gasteiger charge is 2.25. The summed E-state index contributed by atoms with van der Waals surface area (Å²) in [4.78, 5) is 15.0. The first kappa shape index (κ1) is 17.2. The second-order valence-electron chi connectivity index (χ2n) is 5.85. The predicted molar refractivity (Wildman–Crippen MR) is 94.5 cm³/mol. The molecule has 1 unspecified atom stereocenters. The summed E-state index contributed by atoms with van der Waals surface area (Å²) in [6, 6.07) is 0. The van der Waals surface area contributed by atoms with Crippen molar-refractivity contribution in [2.45, 2.75) is 33.7 Å². The van der Waals surface area contributed by atoms with E-state index in [-0.39, 0.29) is 0 Å². The van der Waals surface area contributed by atoms with Crippen LogP contribution in [0.4, 0.5) is 0 Å². The Labute approximate surface area is 138 Å². The number of hydrogen-bond donors (Lipinski definition) is 1. The number of nitrogens with zero attached hydrogens (tertiary/aromatic N) is 4. The lowest BCUT2D eigenvalue weighted by molar-refractivity contribution is 0.255. The number of aromatic nitrogens is 1. The lowest BCUT2D eigenvalue weighted by Gasteiger charge is -2.24. The van der Waals surface area contributed by atoms with Gasteiger partial charge >= 0.3 is 0 Å². The molecule has 0 aliphatic carbocycles. The number of rotatable bonds is 6. The minimum atomic E-state index is 0.751. The fourth-order valence-electron chi connectivity index (χ4n) is 2.99. The molecule has 5 nitrogen and oxygen atoms in total. The van der Waals surface area contributed by atoms with Crippen LogP contribution in [0.5, 0.6) is 0 Å². The van der Waals surface area contributed by atoms with Crippen LogP contribution in [-0.2, 0) is 6.54 Å². The number of thiazole rings is 1. The van der Waals surface area contributed by atoms with Crippen molar-refractivity contribution in [3.8, 4) is 0 Å². The summed E-state index contributed by atoms with van der Waals surface area (Å²) < 4.78 is 0. The number of aliphatic imine (C=N–C) groups is 1. The molecule has 22 heavy (non-hydrogen) atoms. The number of guanidine groups is 1. The van der Waals surface area contributed by atoms with Crippen molar-refractivity contribution in [1.82, 2.24) is 20.1 Å². The molecule has 1 N–H and O–H groups in total. The smallest absolute Gasteiger partial charge is 0.194 e. The lowest BCUT2D eigenvalue weighted by atomic mass is 10.1. The SMILES string of the molecule is CCN(CC)CC1CCN(C(=NC)NCc2ncc(C)s2)C1. The third kappa shape index (κ3) is 4.68. The Kier molecular flexibility index (Phi) is 6.64. The van der Waals surface area contributed by atoms with Crippen LogP contribution >= 0.6 is 11.3 Å². The van der Waals surface area contributed by atoms with Gasteiger partial charge in [-0.25, -0.2) is 4.98 Å². The van der Waals surface area contributed by atoms with E-state index < -0.39 is 0 Å². The van der Waals surface area contributed by atoms with Gasteiger partial charge in [-0.3, -0.25) is 4.99 Å². The van der Waals surface area contributed by atoms with Gasteiger partial charge in [0.05, 0.1) is 6.54 Å². The fourth-order valence-corrected chi connectivity index (χ4v) is 3.72. The van der Waals surface area contributed by atoms with Crippen molar-refractivity contribution in [1.29, 1.82) is 0 Å². The molecule has 0 bridgehead atoms. The van der Waals surface area contributed by atoms with Gasteiger partial charge < -0.3 is 15.1 Å². The van der Waals surface area contributed by atoms with Gasteiger partial charge in [0, 0.05) is 37.8 Å². The molecule has 1 saturated heterocycles. The summed E-state index contributed by atoms with van der Waals surface area (Å²) in [6.07, 6.45) is 3.19. The summed E-state index contributed by atoms with van der Waals surface area (Å²) in [7, 11) is 1.87. The van der Waals surface area contributed by atoms with Gasteiger partial charge in [-0.05, 0) is 32.4 Å². The van der Waals surface area contributed by atoms with Crippen molar-refractivity contribution in [3.63, 3.8) is 0 Å². The molecule has 124 valence electrons. The van der Waals surface area contributed by atoms with Gasteiger partial charge in [0.15, 0.2) is 5.96 Å². The number of likely N-dealkylation sites (tertiary alicyclic amines) is 1. The van der Waals surface area contributed by atoms with Crippen LogP contribution in [0.15, 0.2) is 11.2 Å². The molecule has 0 amide bonds. The molecule has 6 heteroatoms. The van der Waals surface area contributed by atoms with E-state index in [1.165, 1.54) is 17.8 Å². The van der Waals surface area contributed by atoms with Gasteiger partial charge in [0.1, 0.15) is 5.01 Å². The summed E-state index contributed by atoms with van der Waals surface area (Å²) in [5.74, 6) is 1.76. The Balaban J connectivity index is 1.82. The molecule has 2 heterocycles. The van der Waals surface area contributed by atoms with Crippen LogP contribution < -0.4 is 5.32 Å². The zero-order valence-electron chi connectivity index (χ0n) is 14.3. The quantitative estimate of drug-likeness (QED) is 0.644. The summed E-state index contributed by atoms with van der Waals surface area (Å²) in [5.41, 5.74) is 0. The molecule has 0 spiro atoms. The molecule has 0 aromatic carbocycles. The highest BCUT2D eigenvalue weighted by Crippen LogP contribution is 2.18. The molecule has 0 radical (unpaired) electrons. The zero-order chi connectivity index (χ0) is 15.9. The second kappa shape index (κ2) is 8.48. The maximum Gasteiger partial charge on any atom is 0.194 e. The first-order chi connectivity index (χ1) is 10.7. The number of aryl methyl sites for hydroxylation is 1. The van der Waals surface area contributed by atoms with E-state index >= 15 is 0 Å². The molecule has 1 aromatic heterocycles. The normalized spacial score (nSPS) is 19.2. The Morgan fingerprint density at radius 3 is 2.86 bits per heavy atom. The van der Waals surface area contributed by atoms with Crippen molar-refractivity contribution in [2.24, 2.45) is 10.9 Å². The molecule has 0 saturated carbocycles. The van der Waals surface area contributed by atoms with Gasteiger partial charge in [-0.1, -0.05) is 13.8 Å². The summed E-state index contributed by atoms with van der Waals surface area (Å²) in [5, 5.41) is 4.58. The predicted octanol–water partition coefficient (Wildman–Crippen LogP) is 2.19. The lowest BCUT2D eigenvalue weighted by Crippen LogP contribution is -2.40. The van der Waals surface area contributed by atoms with Crippen molar-refractivity contribution in [2.75, 3.05) is 39.8 Å². The van der Waals surface area contributed by atoms with Gasteiger partial charge in [-0.15, -0.1) is 11.3 Å². The Hall–Kier alpha value is -1.14. The van der Waals surface area contributed by atoms with E-state index in [4.69, 9.17) is 0 Å². The van der Waals surface area contributed by atoms with E-state index in [0.717, 1.165) is 49.6 Å². The topological polar surface area (TPSA) is 43.8 Å². The van der Waals surface area contributed by atoms with Crippen LogP contribution in [-0.4, -0.2) is 60.5 Å². The van der Waals surface area contributed by atoms with Crippen LogP contribution in [0.3, 0.4) is 0 Å². The zero-order valence-corrected chi connectivity index (χ0v) is 15.1. The molecule has 1 aliphatic heterocycles. The molecule has 1 aliphatic rings. The first-order valence-electron chi connectivity index (χ1n) is 8.25. The summed E-state index contributed by atoms with van der Waals surface area (Å²) >= 11 is 1.74. The average molecular weight is 324 g/mol. The highest BCUT2D eigenvalue weighted by atomic mass is 32.1. The minimum absolute atomic E-state index is 0.751. The number of nitrogens with one attached hydrogen (secondary N) is 1. The fraction of sp³-hybridized carbons (Fsp3) is 0.750. The van der Waals surface area contributed by atoms with Gasteiger partial charge in [0.2, 0.25) is 0 Å². The summed E-state index contributed by atoms with van der Waals surface area (Å²) in [6.45, 7) is 13.0. The van der Waals surface area contributed by atoms with E-state index in [1.807, 2.05) is 13.2 Å². The largest absolute Gasteiger partial charge is 0.350 e. The number of hydrogen-bond acceptors (Lipinski definition) is 4.